The van der Waals surface area contributed by atoms with Crippen molar-refractivity contribution in [3.63, 3.8) is 0 Å². The van der Waals surface area contributed by atoms with Crippen LogP contribution in [0.15, 0.2) is 75.9 Å². The van der Waals surface area contributed by atoms with Crippen LogP contribution in [-0.4, -0.2) is 0 Å². The molecule has 0 saturated heterocycles. The topological polar surface area (TPSA) is 30.2 Å². The van der Waals surface area contributed by atoms with Gasteiger partial charge >= 0.3 is 5.63 Å². The summed E-state index contributed by atoms with van der Waals surface area (Å²) in [6, 6.07) is 22.4. The van der Waals surface area contributed by atoms with Crippen molar-refractivity contribution >= 4 is 43.2 Å². The lowest BCUT2D eigenvalue weighted by atomic mass is 10.1. The molecule has 0 aliphatic carbocycles. The van der Waals surface area contributed by atoms with Gasteiger partial charge < -0.3 is 4.42 Å². The molecule has 0 unspecified atom stereocenters. The lowest BCUT2D eigenvalue weighted by molar-refractivity contribution is 0.570. The van der Waals surface area contributed by atoms with Crippen molar-refractivity contribution in [1.29, 1.82) is 0 Å². The van der Waals surface area contributed by atoms with Crippen molar-refractivity contribution < 1.29 is 4.42 Å². The van der Waals surface area contributed by atoms with E-state index in [1.54, 1.807) is 11.3 Å². The highest BCUT2D eigenvalue weighted by atomic mass is 32.1. The molecule has 2 aromatic heterocycles. The first-order valence-corrected chi connectivity index (χ1v) is 8.97. The van der Waals surface area contributed by atoms with Crippen LogP contribution in [0.2, 0.25) is 0 Å². The van der Waals surface area contributed by atoms with Gasteiger partial charge in [-0.1, -0.05) is 60.2 Å². The molecule has 3 aromatic carbocycles. The number of rotatable bonds is 1. The van der Waals surface area contributed by atoms with Gasteiger partial charge in [-0.25, -0.2) is 4.79 Å². The third-order valence-corrected chi connectivity index (χ3v) is 5.81. The summed E-state index contributed by atoms with van der Waals surface area (Å²) < 4.78 is 6.60. The molecule has 120 valence electrons. The molecule has 0 fully saturated rings. The van der Waals surface area contributed by atoms with Crippen LogP contribution in [-0.2, 0) is 0 Å². The van der Waals surface area contributed by atoms with Gasteiger partial charge in [-0.05, 0) is 35.4 Å². The summed E-state index contributed by atoms with van der Waals surface area (Å²) in [5.74, 6) is 0. The number of aryl methyl sites for hydroxylation is 1. The van der Waals surface area contributed by atoms with Crippen LogP contribution in [0.5, 0.6) is 0 Å². The second-order valence-corrected chi connectivity index (χ2v) is 7.32. The van der Waals surface area contributed by atoms with Crippen LogP contribution in [0.4, 0.5) is 0 Å². The van der Waals surface area contributed by atoms with Crippen molar-refractivity contribution in [2.75, 3.05) is 0 Å². The number of hydrogen-bond donors (Lipinski definition) is 0. The molecule has 0 amide bonds. The van der Waals surface area contributed by atoms with Gasteiger partial charge in [0.15, 0.2) is 0 Å². The maximum Gasteiger partial charge on any atom is 0.345 e. The Kier molecular flexibility index (Phi) is 3.06. The fraction of sp³-hybridized carbons (Fsp3) is 0.0455. The Hall–Kier alpha value is -2.91. The monoisotopic (exact) mass is 342 g/mol. The predicted octanol–water partition coefficient (Wildman–Crippen LogP) is 6.14. The normalized spacial score (nSPS) is 11.6. The fourth-order valence-electron chi connectivity index (χ4n) is 3.31. The Morgan fingerprint density at radius 2 is 1.68 bits per heavy atom. The number of hydrogen-bond acceptors (Lipinski definition) is 3. The van der Waals surface area contributed by atoms with E-state index in [9.17, 15) is 4.79 Å². The molecule has 5 aromatic rings. The van der Waals surface area contributed by atoms with E-state index in [2.05, 4.69) is 43.3 Å². The summed E-state index contributed by atoms with van der Waals surface area (Å²) in [6.45, 7) is 2.07. The zero-order valence-electron chi connectivity index (χ0n) is 13.6. The van der Waals surface area contributed by atoms with Crippen molar-refractivity contribution in [2.45, 2.75) is 6.92 Å². The van der Waals surface area contributed by atoms with Gasteiger partial charge in [0.05, 0.1) is 10.1 Å². The van der Waals surface area contributed by atoms with E-state index in [4.69, 9.17) is 4.42 Å². The summed E-state index contributed by atoms with van der Waals surface area (Å²) in [5, 5.41) is 3.95. The molecular weight excluding hydrogens is 328 g/mol. The molecular formula is C22H14O2S. The minimum Gasteiger partial charge on any atom is -0.422 e. The summed E-state index contributed by atoms with van der Waals surface area (Å²) >= 11 is 1.65. The smallest absolute Gasteiger partial charge is 0.345 e. The first kappa shape index (κ1) is 14.4. The summed E-state index contributed by atoms with van der Waals surface area (Å²) in [7, 11) is 0. The zero-order chi connectivity index (χ0) is 17.0. The van der Waals surface area contributed by atoms with Crippen LogP contribution in [0.3, 0.4) is 0 Å². The minimum absolute atomic E-state index is 0.271. The molecule has 0 spiro atoms. The fourth-order valence-corrected chi connectivity index (χ4v) is 4.53. The Morgan fingerprint density at radius 3 is 2.52 bits per heavy atom. The molecule has 0 aliphatic rings. The van der Waals surface area contributed by atoms with Crippen LogP contribution in [0, 0.1) is 6.92 Å². The number of fused-ring (bicyclic) bond motifs is 5. The van der Waals surface area contributed by atoms with Crippen LogP contribution in [0.25, 0.3) is 42.3 Å². The van der Waals surface area contributed by atoms with Crippen molar-refractivity contribution in [3.8, 4) is 10.4 Å². The quantitative estimate of drug-likeness (QED) is 0.271. The van der Waals surface area contributed by atoms with Gasteiger partial charge in [0.1, 0.15) is 5.58 Å². The largest absolute Gasteiger partial charge is 0.422 e. The van der Waals surface area contributed by atoms with Gasteiger partial charge in [-0.2, -0.15) is 0 Å². The molecule has 25 heavy (non-hydrogen) atoms. The van der Waals surface area contributed by atoms with E-state index in [0.29, 0.717) is 11.0 Å². The van der Waals surface area contributed by atoms with E-state index >= 15 is 0 Å². The second-order valence-electron chi connectivity index (χ2n) is 6.27. The molecule has 0 bridgehead atoms. The molecule has 5 rings (SSSR count). The standard InChI is InChI=1S/C22H14O2S/c1-13-6-8-15(9-7-13)19-12-17-21(25-19)20-16-5-3-2-4-14(16)10-11-18(20)24-22(17)23/h2-12H,1H3. The summed E-state index contributed by atoms with van der Waals surface area (Å²) in [4.78, 5) is 13.6. The van der Waals surface area contributed by atoms with E-state index in [1.165, 1.54) is 5.56 Å². The molecule has 0 N–H and O–H groups in total. The average molecular weight is 342 g/mol. The number of thiophene rings is 1. The molecule has 0 aliphatic heterocycles. The van der Waals surface area contributed by atoms with E-state index in [0.717, 1.165) is 31.3 Å². The van der Waals surface area contributed by atoms with Crippen molar-refractivity contribution in [3.05, 3.63) is 82.7 Å². The molecule has 0 saturated carbocycles. The van der Waals surface area contributed by atoms with Crippen LogP contribution in [0.1, 0.15) is 5.56 Å². The average Bonchev–Trinajstić information content (AvgIpc) is 3.08. The highest BCUT2D eigenvalue weighted by molar-refractivity contribution is 7.23. The van der Waals surface area contributed by atoms with Crippen LogP contribution >= 0.6 is 11.3 Å². The van der Waals surface area contributed by atoms with E-state index in [1.807, 2.05) is 30.3 Å². The summed E-state index contributed by atoms with van der Waals surface area (Å²) in [6.07, 6.45) is 0. The lowest BCUT2D eigenvalue weighted by Crippen LogP contribution is -1.97. The third kappa shape index (κ3) is 2.20. The molecule has 0 atom stereocenters. The molecule has 2 heterocycles. The maximum atomic E-state index is 12.5. The van der Waals surface area contributed by atoms with Crippen molar-refractivity contribution in [1.82, 2.24) is 0 Å². The molecule has 2 nitrogen and oxygen atoms in total. The van der Waals surface area contributed by atoms with Gasteiger partial charge in [-0.3, -0.25) is 0 Å². The highest BCUT2D eigenvalue weighted by Gasteiger charge is 2.14. The molecule has 3 heteroatoms. The lowest BCUT2D eigenvalue weighted by Gasteiger charge is -2.03. The first-order valence-electron chi connectivity index (χ1n) is 8.16. The van der Waals surface area contributed by atoms with Crippen LogP contribution < -0.4 is 5.63 Å². The molecule has 0 radical (unpaired) electrons. The zero-order valence-corrected chi connectivity index (χ0v) is 14.4. The third-order valence-electron chi connectivity index (χ3n) is 4.61. The maximum absolute atomic E-state index is 12.5. The number of benzene rings is 3. The summed E-state index contributed by atoms with van der Waals surface area (Å²) in [5.41, 5.74) is 2.72. The SMILES string of the molecule is Cc1ccc(-c2cc3c(=O)oc4ccc5ccccc5c4c3s2)cc1. The van der Waals surface area contributed by atoms with Gasteiger partial charge in [-0.15, -0.1) is 11.3 Å². The Balaban J connectivity index is 1.92. The second kappa shape index (κ2) is 5.30. The first-order chi connectivity index (χ1) is 12.2. The minimum atomic E-state index is -0.271. The van der Waals surface area contributed by atoms with Gasteiger partial charge in [0, 0.05) is 10.3 Å². The highest BCUT2D eigenvalue weighted by Crippen LogP contribution is 2.38. The van der Waals surface area contributed by atoms with E-state index < -0.39 is 0 Å². The Morgan fingerprint density at radius 1 is 0.880 bits per heavy atom. The van der Waals surface area contributed by atoms with Crippen molar-refractivity contribution in [2.24, 2.45) is 0 Å². The van der Waals surface area contributed by atoms with E-state index in [-0.39, 0.29) is 5.63 Å². The predicted molar refractivity (Wildman–Crippen MR) is 106 cm³/mol. The van der Waals surface area contributed by atoms with Gasteiger partial charge in [0.2, 0.25) is 0 Å². The van der Waals surface area contributed by atoms with Gasteiger partial charge in [0.25, 0.3) is 0 Å². The Bertz CT molecular complexity index is 1310. The Labute approximate surface area is 148 Å².